The lowest BCUT2D eigenvalue weighted by atomic mass is 10.3. The van der Waals surface area contributed by atoms with E-state index in [1.54, 1.807) is 31.1 Å². The molecule has 10 heavy (non-hydrogen) atoms. The average Bonchev–Trinajstić information content (AvgIpc) is 1.87. The summed E-state index contributed by atoms with van der Waals surface area (Å²) in [5, 5.41) is 8.50. The highest BCUT2D eigenvalue weighted by Gasteiger charge is 2.12. The molecule has 0 aliphatic carbocycles. The number of nitrogens with zero attached hydrogens (tertiary/aromatic N) is 1. The Morgan fingerprint density at radius 3 is 2.50 bits per heavy atom. The van der Waals surface area contributed by atoms with Crippen LogP contribution in [0.25, 0.3) is 0 Å². The van der Waals surface area contributed by atoms with Gasteiger partial charge in [0.25, 0.3) is 0 Å². The monoisotopic (exact) mass is 143 g/mol. The van der Waals surface area contributed by atoms with E-state index < -0.39 is 12.0 Å². The maximum absolute atomic E-state index is 10.3. The van der Waals surface area contributed by atoms with Crippen LogP contribution < -0.4 is 0 Å². The third-order valence-corrected chi connectivity index (χ3v) is 1.35. The number of carbonyl (C=O) groups is 1. The Labute approximate surface area is 61.0 Å². The van der Waals surface area contributed by atoms with Gasteiger partial charge in [-0.1, -0.05) is 6.08 Å². The molecule has 0 rings (SSSR count). The number of hydrogen-bond acceptors (Lipinski definition) is 2. The van der Waals surface area contributed by atoms with E-state index >= 15 is 0 Å². The Hall–Kier alpha value is -0.990. The van der Waals surface area contributed by atoms with Gasteiger partial charge in [0.05, 0.1) is 0 Å². The van der Waals surface area contributed by atoms with Crippen molar-refractivity contribution in [3.8, 4) is 0 Å². The van der Waals surface area contributed by atoms with Crippen molar-refractivity contribution >= 4 is 5.97 Å². The van der Waals surface area contributed by atoms with Gasteiger partial charge in [-0.2, -0.15) is 0 Å². The summed E-state index contributed by atoms with van der Waals surface area (Å²) in [7, 11) is 1.73. The van der Waals surface area contributed by atoms with E-state index in [4.69, 9.17) is 5.11 Å². The molecular formula is C7H13NO2. The minimum atomic E-state index is -0.805. The lowest BCUT2D eigenvalue weighted by molar-refractivity contribution is -0.141. The molecule has 3 heteroatoms. The molecule has 0 fully saturated rings. The van der Waals surface area contributed by atoms with Crippen LogP contribution in [0.2, 0.25) is 0 Å². The van der Waals surface area contributed by atoms with Gasteiger partial charge in [0.1, 0.15) is 6.04 Å². The first-order valence-electron chi connectivity index (χ1n) is 3.17. The molecule has 0 radical (unpaired) electrons. The number of rotatable bonds is 3. The van der Waals surface area contributed by atoms with Gasteiger partial charge in [0, 0.05) is 7.05 Å². The molecule has 1 atom stereocenters. The normalized spacial score (nSPS) is 13.5. The van der Waals surface area contributed by atoms with Crippen molar-refractivity contribution < 1.29 is 9.90 Å². The Kier molecular flexibility index (Phi) is 3.54. The summed E-state index contributed by atoms with van der Waals surface area (Å²) in [5.74, 6) is -0.805. The van der Waals surface area contributed by atoms with E-state index in [2.05, 4.69) is 0 Å². The summed E-state index contributed by atoms with van der Waals surface area (Å²) >= 11 is 0. The third kappa shape index (κ3) is 2.53. The van der Waals surface area contributed by atoms with Crippen molar-refractivity contribution in [3.05, 3.63) is 12.3 Å². The van der Waals surface area contributed by atoms with Crippen molar-refractivity contribution in [2.75, 3.05) is 7.05 Å². The van der Waals surface area contributed by atoms with Crippen molar-refractivity contribution in [1.29, 1.82) is 0 Å². The van der Waals surface area contributed by atoms with Gasteiger partial charge >= 0.3 is 5.97 Å². The van der Waals surface area contributed by atoms with Crippen LogP contribution in [-0.4, -0.2) is 29.1 Å². The molecular weight excluding hydrogens is 130 g/mol. The molecule has 0 unspecified atom stereocenters. The maximum atomic E-state index is 10.3. The van der Waals surface area contributed by atoms with Crippen LogP contribution in [0.3, 0.4) is 0 Å². The van der Waals surface area contributed by atoms with Crippen LogP contribution in [0.15, 0.2) is 12.3 Å². The van der Waals surface area contributed by atoms with E-state index in [1.807, 2.05) is 6.92 Å². The number of allylic oxidation sites excluding steroid dienone is 1. The number of carboxylic acid groups (broad SMARTS) is 1. The molecule has 0 saturated heterocycles. The maximum Gasteiger partial charge on any atom is 0.326 e. The summed E-state index contributed by atoms with van der Waals surface area (Å²) in [5.41, 5.74) is 0. The number of aliphatic carboxylic acids is 1. The van der Waals surface area contributed by atoms with Crippen molar-refractivity contribution in [2.24, 2.45) is 0 Å². The molecule has 0 aromatic heterocycles. The largest absolute Gasteiger partial charge is 0.480 e. The predicted molar refractivity (Wildman–Crippen MR) is 39.7 cm³/mol. The minimum absolute atomic E-state index is 0.448. The number of hydrogen-bond donors (Lipinski definition) is 1. The average molecular weight is 143 g/mol. The first-order chi connectivity index (χ1) is 4.59. The number of likely N-dealkylation sites (N-methyl/N-ethyl adjacent to an activating group) is 1. The van der Waals surface area contributed by atoms with Gasteiger partial charge in [-0.15, -0.1) is 0 Å². The zero-order chi connectivity index (χ0) is 8.15. The second-order valence-corrected chi connectivity index (χ2v) is 2.16. The van der Waals surface area contributed by atoms with Gasteiger partial charge in [-0.3, -0.25) is 0 Å². The molecule has 0 aliphatic rings. The van der Waals surface area contributed by atoms with E-state index in [0.717, 1.165) is 0 Å². The Bertz CT molecular complexity index is 143. The molecule has 0 aromatic carbocycles. The quantitative estimate of drug-likeness (QED) is 0.638. The predicted octanol–water partition coefficient (Wildman–Crippen LogP) is 0.925. The highest BCUT2D eigenvalue weighted by atomic mass is 16.4. The Morgan fingerprint density at radius 1 is 1.70 bits per heavy atom. The summed E-state index contributed by atoms with van der Waals surface area (Å²) in [6.45, 7) is 3.49. The van der Waals surface area contributed by atoms with Crippen molar-refractivity contribution in [1.82, 2.24) is 4.90 Å². The fraction of sp³-hybridized carbons (Fsp3) is 0.571. The lowest BCUT2D eigenvalue weighted by Gasteiger charge is -2.18. The summed E-state index contributed by atoms with van der Waals surface area (Å²) in [4.78, 5) is 12.0. The molecule has 0 heterocycles. The van der Waals surface area contributed by atoms with E-state index in [0.29, 0.717) is 0 Å². The summed E-state index contributed by atoms with van der Waals surface area (Å²) < 4.78 is 0. The fourth-order valence-corrected chi connectivity index (χ4v) is 0.538. The van der Waals surface area contributed by atoms with Crippen molar-refractivity contribution in [2.45, 2.75) is 19.9 Å². The molecule has 58 valence electrons. The van der Waals surface area contributed by atoms with Crippen LogP contribution in [0.5, 0.6) is 0 Å². The molecule has 0 aromatic rings. The molecule has 0 spiro atoms. The topological polar surface area (TPSA) is 40.5 Å². The molecule has 0 saturated carbocycles. The zero-order valence-corrected chi connectivity index (χ0v) is 6.53. The number of carboxylic acids is 1. The molecule has 1 N–H and O–H groups in total. The molecule has 3 nitrogen and oxygen atoms in total. The summed E-state index contributed by atoms with van der Waals surface area (Å²) in [6.07, 6.45) is 3.54. The van der Waals surface area contributed by atoms with E-state index in [1.165, 1.54) is 0 Å². The highest BCUT2D eigenvalue weighted by Crippen LogP contribution is 1.95. The lowest BCUT2D eigenvalue weighted by Crippen LogP contribution is -2.31. The SMILES string of the molecule is CC=CN(C)[C@@H](C)C(=O)O. The van der Waals surface area contributed by atoms with Gasteiger partial charge in [-0.25, -0.2) is 4.79 Å². The standard InChI is InChI=1S/C7H13NO2/c1-4-5-8(3)6(2)7(9)10/h4-6H,1-3H3,(H,9,10)/t6-/m0/s1. The van der Waals surface area contributed by atoms with E-state index in [9.17, 15) is 4.79 Å². The fourth-order valence-electron chi connectivity index (χ4n) is 0.538. The van der Waals surface area contributed by atoms with Crippen LogP contribution in [-0.2, 0) is 4.79 Å². The molecule has 0 amide bonds. The van der Waals surface area contributed by atoms with Gasteiger partial charge < -0.3 is 10.0 Å². The second-order valence-electron chi connectivity index (χ2n) is 2.16. The highest BCUT2D eigenvalue weighted by molar-refractivity contribution is 5.72. The van der Waals surface area contributed by atoms with Crippen molar-refractivity contribution in [3.63, 3.8) is 0 Å². The van der Waals surface area contributed by atoms with Crippen LogP contribution in [0, 0.1) is 0 Å². The van der Waals surface area contributed by atoms with Crippen LogP contribution in [0.4, 0.5) is 0 Å². The summed E-state index contributed by atoms with van der Waals surface area (Å²) in [6, 6.07) is -0.448. The zero-order valence-electron chi connectivity index (χ0n) is 6.53. The smallest absolute Gasteiger partial charge is 0.326 e. The minimum Gasteiger partial charge on any atom is -0.480 e. The van der Waals surface area contributed by atoms with Gasteiger partial charge in [0.2, 0.25) is 0 Å². The first-order valence-corrected chi connectivity index (χ1v) is 3.17. The van der Waals surface area contributed by atoms with Gasteiger partial charge in [-0.05, 0) is 20.0 Å². The molecule has 0 bridgehead atoms. The third-order valence-electron chi connectivity index (χ3n) is 1.35. The Balaban J connectivity index is 3.93. The second kappa shape index (κ2) is 3.93. The van der Waals surface area contributed by atoms with Crippen LogP contribution >= 0.6 is 0 Å². The first kappa shape index (κ1) is 9.01. The molecule has 0 aliphatic heterocycles. The van der Waals surface area contributed by atoms with Gasteiger partial charge in [0.15, 0.2) is 0 Å². The Morgan fingerprint density at radius 2 is 2.20 bits per heavy atom. The van der Waals surface area contributed by atoms with E-state index in [-0.39, 0.29) is 0 Å². The van der Waals surface area contributed by atoms with Crippen LogP contribution in [0.1, 0.15) is 13.8 Å².